The Kier molecular flexibility index (Phi) is 6.33. The molecular weight excluding hydrogens is 246 g/mol. The first kappa shape index (κ1) is 17.7. The van der Waals surface area contributed by atoms with Gasteiger partial charge in [-0.1, -0.05) is 41.5 Å². The van der Waals surface area contributed by atoms with Crippen molar-refractivity contribution in [2.75, 3.05) is 13.2 Å². The summed E-state index contributed by atoms with van der Waals surface area (Å²) in [6, 6.07) is -0.713. The minimum Gasteiger partial charge on any atom is -0.464 e. The van der Waals surface area contributed by atoms with Crippen molar-refractivity contribution in [2.24, 2.45) is 10.8 Å². The Balaban J connectivity index is 4.05. The van der Waals surface area contributed by atoms with Crippen molar-refractivity contribution in [3.05, 3.63) is 0 Å². The van der Waals surface area contributed by atoms with Crippen LogP contribution in [0.15, 0.2) is 0 Å². The van der Waals surface area contributed by atoms with Gasteiger partial charge in [-0.3, -0.25) is 0 Å². The highest BCUT2D eigenvalue weighted by atomic mass is 16.6. The summed E-state index contributed by atoms with van der Waals surface area (Å²) in [7, 11) is 0. The summed E-state index contributed by atoms with van der Waals surface area (Å²) in [6.07, 6.45) is -0.602. The molecule has 19 heavy (non-hydrogen) atoms. The molecule has 0 saturated heterocycles. The molecule has 1 N–H and O–H groups in total. The minimum atomic E-state index is -0.713. The third-order valence-electron chi connectivity index (χ3n) is 1.97. The molecule has 0 aliphatic heterocycles. The van der Waals surface area contributed by atoms with E-state index >= 15 is 0 Å². The van der Waals surface area contributed by atoms with Crippen molar-refractivity contribution >= 4 is 12.1 Å². The molecule has 0 spiro atoms. The number of ether oxygens (including phenoxy) is 2. The van der Waals surface area contributed by atoms with Crippen molar-refractivity contribution in [3.8, 4) is 0 Å². The van der Waals surface area contributed by atoms with Gasteiger partial charge in [-0.25, -0.2) is 9.59 Å². The summed E-state index contributed by atoms with van der Waals surface area (Å²) >= 11 is 0. The molecule has 0 aromatic rings. The Labute approximate surface area is 116 Å². The maximum absolute atomic E-state index is 11.6. The summed E-state index contributed by atoms with van der Waals surface area (Å²) in [5.41, 5.74) is -0.199. The van der Waals surface area contributed by atoms with Crippen LogP contribution < -0.4 is 5.32 Å². The Morgan fingerprint density at radius 1 is 0.947 bits per heavy atom. The van der Waals surface area contributed by atoms with Crippen molar-refractivity contribution in [3.63, 3.8) is 0 Å². The second-order valence-electron chi connectivity index (χ2n) is 7.17. The number of esters is 1. The Morgan fingerprint density at radius 3 is 1.79 bits per heavy atom. The quantitative estimate of drug-likeness (QED) is 0.800. The highest BCUT2D eigenvalue weighted by molar-refractivity contribution is 5.80. The molecule has 0 bridgehead atoms. The van der Waals surface area contributed by atoms with Gasteiger partial charge in [0.2, 0.25) is 0 Å². The van der Waals surface area contributed by atoms with E-state index < -0.39 is 18.1 Å². The molecule has 0 aromatic heterocycles. The zero-order valence-corrected chi connectivity index (χ0v) is 13.1. The molecule has 0 aliphatic rings. The van der Waals surface area contributed by atoms with Crippen molar-refractivity contribution in [1.29, 1.82) is 0 Å². The van der Waals surface area contributed by atoms with Crippen molar-refractivity contribution < 1.29 is 19.1 Å². The highest BCUT2D eigenvalue weighted by Gasteiger charge is 2.21. The second kappa shape index (κ2) is 6.78. The monoisotopic (exact) mass is 273 g/mol. The number of carbonyl (C=O) groups excluding carboxylic acids is 2. The number of carbonyl (C=O) groups is 2. The lowest BCUT2D eigenvalue weighted by Gasteiger charge is -2.21. The van der Waals surface area contributed by atoms with Gasteiger partial charge in [0, 0.05) is 0 Å². The fourth-order valence-corrected chi connectivity index (χ4v) is 0.972. The van der Waals surface area contributed by atoms with Crippen LogP contribution in [-0.4, -0.2) is 31.3 Å². The molecule has 0 saturated carbocycles. The minimum absolute atomic E-state index is 0.0951. The predicted molar refractivity (Wildman–Crippen MR) is 73.8 cm³/mol. The topological polar surface area (TPSA) is 64.6 Å². The van der Waals surface area contributed by atoms with Crippen molar-refractivity contribution in [1.82, 2.24) is 5.32 Å². The van der Waals surface area contributed by atoms with Crippen LogP contribution in [0, 0.1) is 10.8 Å². The molecular formula is C14H27NO4. The fourth-order valence-electron chi connectivity index (χ4n) is 0.972. The number of amides is 1. The molecule has 5 heteroatoms. The lowest BCUT2D eigenvalue weighted by molar-refractivity contribution is -0.148. The second-order valence-corrected chi connectivity index (χ2v) is 7.17. The van der Waals surface area contributed by atoms with Crippen LogP contribution >= 0.6 is 0 Å². The zero-order valence-electron chi connectivity index (χ0n) is 13.1. The van der Waals surface area contributed by atoms with Gasteiger partial charge in [-0.2, -0.15) is 0 Å². The average Bonchev–Trinajstić information content (AvgIpc) is 2.21. The van der Waals surface area contributed by atoms with Crippen LogP contribution in [0.3, 0.4) is 0 Å². The van der Waals surface area contributed by atoms with Gasteiger partial charge in [0.25, 0.3) is 0 Å². The smallest absolute Gasteiger partial charge is 0.407 e. The Bertz CT molecular complexity index is 312. The van der Waals surface area contributed by atoms with E-state index in [9.17, 15) is 9.59 Å². The van der Waals surface area contributed by atoms with Gasteiger partial charge in [0.15, 0.2) is 0 Å². The molecule has 0 aliphatic carbocycles. The van der Waals surface area contributed by atoms with Gasteiger partial charge in [0.1, 0.15) is 6.04 Å². The van der Waals surface area contributed by atoms with E-state index in [0.29, 0.717) is 13.2 Å². The molecule has 0 fully saturated rings. The molecule has 0 radical (unpaired) electrons. The van der Waals surface area contributed by atoms with Gasteiger partial charge >= 0.3 is 12.1 Å². The summed E-state index contributed by atoms with van der Waals surface area (Å²) in [5, 5.41) is 2.45. The molecule has 0 heterocycles. The third kappa shape index (κ3) is 10.4. The lowest BCUT2D eigenvalue weighted by atomic mass is 9.99. The van der Waals surface area contributed by atoms with Crippen LogP contribution in [-0.2, 0) is 14.3 Å². The Morgan fingerprint density at radius 2 is 1.37 bits per heavy atom. The average molecular weight is 273 g/mol. The molecule has 0 rings (SSSR count). The maximum atomic E-state index is 11.6. The van der Waals surface area contributed by atoms with E-state index in [-0.39, 0.29) is 10.8 Å². The van der Waals surface area contributed by atoms with E-state index in [1.165, 1.54) is 0 Å². The van der Waals surface area contributed by atoms with E-state index in [0.717, 1.165) is 0 Å². The molecule has 0 aromatic carbocycles. The van der Waals surface area contributed by atoms with E-state index in [1.807, 2.05) is 41.5 Å². The number of hydrogen-bond acceptors (Lipinski definition) is 4. The number of nitrogens with one attached hydrogen (secondary N) is 1. The molecule has 112 valence electrons. The van der Waals surface area contributed by atoms with Gasteiger partial charge < -0.3 is 14.8 Å². The van der Waals surface area contributed by atoms with E-state index in [1.54, 1.807) is 6.92 Å². The van der Waals surface area contributed by atoms with E-state index in [4.69, 9.17) is 9.47 Å². The van der Waals surface area contributed by atoms with Crippen LogP contribution in [0.25, 0.3) is 0 Å². The largest absolute Gasteiger partial charge is 0.464 e. The molecule has 1 unspecified atom stereocenters. The van der Waals surface area contributed by atoms with Crippen LogP contribution in [0.5, 0.6) is 0 Å². The predicted octanol–water partition coefficient (Wildman–Crippen LogP) is 2.74. The van der Waals surface area contributed by atoms with Crippen LogP contribution in [0.4, 0.5) is 4.79 Å². The first-order valence-corrected chi connectivity index (χ1v) is 6.51. The zero-order chi connectivity index (χ0) is 15.3. The van der Waals surface area contributed by atoms with E-state index in [2.05, 4.69) is 5.32 Å². The molecule has 5 nitrogen and oxygen atoms in total. The van der Waals surface area contributed by atoms with Crippen LogP contribution in [0.1, 0.15) is 48.5 Å². The normalized spacial score (nSPS) is 13.6. The summed E-state index contributed by atoms with van der Waals surface area (Å²) in [4.78, 5) is 23.1. The SMILES string of the molecule is CC(NC(=O)OCC(C)(C)C)C(=O)OCC(C)(C)C. The van der Waals surface area contributed by atoms with Crippen LogP contribution in [0.2, 0.25) is 0 Å². The van der Waals surface area contributed by atoms with Gasteiger partial charge in [0.05, 0.1) is 13.2 Å². The number of hydrogen-bond donors (Lipinski definition) is 1. The molecule has 1 atom stereocenters. The lowest BCUT2D eigenvalue weighted by Crippen LogP contribution is -2.41. The highest BCUT2D eigenvalue weighted by Crippen LogP contribution is 2.14. The first-order valence-electron chi connectivity index (χ1n) is 6.51. The van der Waals surface area contributed by atoms with Gasteiger partial charge in [-0.05, 0) is 17.8 Å². The maximum Gasteiger partial charge on any atom is 0.407 e. The summed E-state index contributed by atoms with van der Waals surface area (Å²) in [6.45, 7) is 14.0. The Hall–Kier alpha value is -1.26. The van der Waals surface area contributed by atoms with Gasteiger partial charge in [-0.15, -0.1) is 0 Å². The summed E-state index contributed by atoms with van der Waals surface area (Å²) in [5.74, 6) is -0.456. The first-order chi connectivity index (χ1) is 8.41. The number of alkyl carbamates (subject to hydrolysis) is 1. The van der Waals surface area contributed by atoms with Crippen molar-refractivity contribution in [2.45, 2.75) is 54.5 Å². The fraction of sp³-hybridized carbons (Fsp3) is 0.857. The molecule has 1 amide bonds. The summed E-state index contributed by atoms with van der Waals surface area (Å²) < 4.78 is 10.1. The third-order valence-corrected chi connectivity index (χ3v) is 1.97. The standard InChI is InChI=1S/C14H27NO4/c1-10(11(16)18-8-13(2,3)4)15-12(17)19-9-14(5,6)7/h10H,8-9H2,1-7H3,(H,15,17). The number of rotatable bonds is 4.